The molecular formula is C21H12Cl2N2O. The Hall–Kier alpha value is -2.75. The van der Waals surface area contributed by atoms with Crippen molar-refractivity contribution in [3.05, 3.63) is 99.5 Å². The quantitative estimate of drug-likeness (QED) is 0.272. The number of ketones is 1. The molecule has 4 rings (SSSR count). The molecule has 1 aliphatic heterocycles. The molecule has 26 heavy (non-hydrogen) atoms. The molecule has 3 aromatic rings. The van der Waals surface area contributed by atoms with E-state index in [-0.39, 0.29) is 5.78 Å². The zero-order valence-corrected chi connectivity index (χ0v) is 15.0. The van der Waals surface area contributed by atoms with E-state index in [1.165, 1.54) is 0 Å². The highest BCUT2D eigenvalue weighted by Gasteiger charge is 2.19. The van der Waals surface area contributed by atoms with E-state index in [1.807, 2.05) is 30.3 Å². The van der Waals surface area contributed by atoms with Crippen LogP contribution in [0.1, 0.15) is 21.5 Å². The minimum Gasteiger partial charge on any atom is -0.289 e. The van der Waals surface area contributed by atoms with Gasteiger partial charge in [-0.2, -0.15) is 0 Å². The summed E-state index contributed by atoms with van der Waals surface area (Å²) in [6.45, 7) is 0. The lowest BCUT2D eigenvalue weighted by molar-refractivity contribution is 0.104. The summed E-state index contributed by atoms with van der Waals surface area (Å²) >= 11 is 12.2. The van der Waals surface area contributed by atoms with Crippen molar-refractivity contribution < 1.29 is 4.79 Å². The van der Waals surface area contributed by atoms with E-state index >= 15 is 0 Å². The van der Waals surface area contributed by atoms with Crippen molar-refractivity contribution in [2.75, 3.05) is 0 Å². The molecule has 3 aromatic carbocycles. The Balaban J connectivity index is 1.94. The topological polar surface area (TPSA) is 41.8 Å². The molecule has 5 heteroatoms. The maximum atomic E-state index is 12.8. The lowest BCUT2D eigenvalue weighted by Crippen LogP contribution is -1.98. The van der Waals surface area contributed by atoms with E-state index in [2.05, 4.69) is 10.2 Å². The number of benzene rings is 3. The highest BCUT2D eigenvalue weighted by molar-refractivity contribution is 6.31. The van der Waals surface area contributed by atoms with Gasteiger partial charge in [0.05, 0.1) is 11.4 Å². The number of fused-ring (bicyclic) bond motifs is 2. The van der Waals surface area contributed by atoms with Crippen molar-refractivity contribution in [1.29, 1.82) is 0 Å². The summed E-state index contributed by atoms with van der Waals surface area (Å²) in [5.41, 5.74) is 4.16. The Kier molecular flexibility index (Phi) is 4.41. The standard InChI is InChI=1S/C21H12Cl2N2O/c22-14-6-8-16-18(12-21(26)13-4-2-1-3-5-13)17-9-7-15(23)11-20(17)25-24-19(16)10-14/h1-12H. The fraction of sp³-hybridized carbons (Fsp3) is 0. The van der Waals surface area contributed by atoms with Crippen molar-refractivity contribution in [3.8, 4) is 0 Å². The molecule has 0 saturated carbocycles. The zero-order chi connectivity index (χ0) is 18.1. The number of carbonyl (C=O) groups is 1. The van der Waals surface area contributed by atoms with E-state index in [4.69, 9.17) is 23.2 Å². The predicted molar refractivity (Wildman–Crippen MR) is 105 cm³/mol. The number of allylic oxidation sites excluding steroid dienone is 1. The van der Waals surface area contributed by atoms with Gasteiger partial charge in [-0.15, -0.1) is 10.2 Å². The third-order valence-electron chi connectivity index (χ3n) is 4.10. The molecule has 0 amide bonds. The van der Waals surface area contributed by atoms with Crippen molar-refractivity contribution in [1.82, 2.24) is 0 Å². The minimum absolute atomic E-state index is 0.0932. The molecule has 1 heterocycles. The Bertz CT molecular complexity index is 1020. The number of halogens is 2. The van der Waals surface area contributed by atoms with Gasteiger partial charge in [-0.05, 0) is 35.9 Å². The third-order valence-corrected chi connectivity index (χ3v) is 4.57. The Morgan fingerprint density at radius 1 is 0.769 bits per heavy atom. The maximum absolute atomic E-state index is 12.8. The number of hydrogen-bond donors (Lipinski definition) is 0. The van der Waals surface area contributed by atoms with Crippen LogP contribution in [-0.4, -0.2) is 5.78 Å². The molecule has 0 radical (unpaired) electrons. The van der Waals surface area contributed by atoms with Crippen LogP contribution >= 0.6 is 23.2 Å². The van der Waals surface area contributed by atoms with Gasteiger partial charge < -0.3 is 0 Å². The van der Waals surface area contributed by atoms with Gasteiger partial charge in [0, 0.05) is 26.7 Å². The monoisotopic (exact) mass is 378 g/mol. The molecule has 0 fully saturated rings. The predicted octanol–water partition coefficient (Wildman–Crippen LogP) is 7.04. The van der Waals surface area contributed by atoms with Gasteiger partial charge in [0.25, 0.3) is 0 Å². The minimum atomic E-state index is -0.0932. The first-order chi connectivity index (χ1) is 12.6. The lowest BCUT2D eigenvalue weighted by atomic mass is 9.93. The lowest BCUT2D eigenvalue weighted by Gasteiger charge is -2.10. The molecule has 0 unspecified atom stereocenters. The molecule has 0 aromatic heterocycles. The van der Waals surface area contributed by atoms with Crippen LogP contribution in [0, 0.1) is 0 Å². The number of azo groups is 1. The second kappa shape index (κ2) is 6.87. The van der Waals surface area contributed by atoms with Crippen molar-refractivity contribution in [3.63, 3.8) is 0 Å². The second-order valence-corrected chi connectivity index (χ2v) is 6.68. The number of hydrogen-bond acceptors (Lipinski definition) is 3. The summed E-state index contributed by atoms with van der Waals surface area (Å²) in [4.78, 5) is 12.8. The van der Waals surface area contributed by atoms with Gasteiger partial charge in [0.1, 0.15) is 0 Å². The van der Waals surface area contributed by atoms with Gasteiger partial charge >= 0.3 is 0 Å². The first kappa shape index (κ1) is 16.7. The Morgan fingerprint density at radius 3 is 1.85 bits per heavy atom. The normalized spacial score (nSPS) is 12.2. The highest BCUT2D eigenvalue weighted by atomic mass is 35.5. The molecule has 0 spiro atoms. The van der Waals surface area contributed by atoms with Crippen molar-refractivity contribution >= 4 is 45.9 Å². The van der Waals surface area contributed by atoms with Gasteiger partial charge in [-0.1, -0.05) is 65.7 Å². The number of nitrogens with zero attached hydrogens (tertiary/aromatic N) is 2. The molecule has 1 aliphatic rings. The number of rotatable bonds is 2. The summed E-state index contributed by atoms with van der Waals surface area (Å²) in [5.74, 6) is -0.0932. The fourth-order valence-corrected chi connectivity index (χ4v) is 3.19. The molecule has 0 saturated heterocycles. The summed E-state index contributed by atoms with van der Waals surface area (Å²) in [5, 5.41) is 9.69. The molecular weight excluding hydrogens is 367 g/mol. The molecule has 0 bridgehead atoms. The van der Waals surface area contributed by atoms with Gasteiger partial charge in [-0.3, -0.25) is 4.79 Å². The molecule has 3 nitrogen and oxygen atoms in total. The van der Waals surface area contributed by atoms with Gasteiger partial charge in [-0.25, -0.2) is 0 Å². The molecule has 126 valence electrons. The smallest absolute Gasteiger partial charge is 0.186 e. The Morgan fingerprint density at radius 2 is 1.31 bits per heavy atom. The largest absolute Gasteiger partial charge is 0.289 e. The van der Waals surface area contributed by atoms with Crippen LogP contribution in [0.25, 0.3) is 5.57 Å². The van der Waals surface area contributed by atoms with Crippen LogP contribution in [0.4, 0.5) is 11.4 Å². The van der Waals surface area contributed by atoms with Crippen LogP contribution in [0.15, 0.2) is 83.0 Å². The van der Waals surface area contributed by atoms with E-state index in [0.29, 0.717) is 27.0 Å². The van der Waals surface area contributed by atoms with Crippen LogP contribution in [-0.2, 0) is 0 Å². The zero-order valence-electron chi connectivity index (χ0n) is 13.5. The van der Waals surface area contributed by atoms with Crippen molar-refractivity contribution in [2.24, 2.45) is 10.2 Å². The van der Waals surface area contributed by atoms with Gasteiger partial charge in [0.2, 0.25) is 0 Å². The SMILES string of the molecule is O=C(C=C1c2ccc(Cl)cc2N=Nc2cc(Cl)ccc21)c1ccccc1. The first-order valence-corrected chi connectivity index (χ1v) is 8.70. The highest BCUT2D eigenvalue weighted by Crippen LogP contribution is 2.42. The number of carbonyl (C=O) groups excluding carboxylic acids is 1. The summed E-state index contributed by atoms with van der Waals surface area (Å²) in [6, 6.07) is 19.8. The van der Waals surface area contributed by atoms with E-state index in [0.717, 1.165) is 16.7 Å². The third kappa shape index (κ3) is 3.19. The Labute approximate surface area is 160 Å². The first-order valence-electron chi connectivity index (χ1n) is 7.94. The van der Waals surface area contributed by atoms with E-state index in [1.54, 1.807) is 42.5 Å². The average molecular weight is 379 g/mol. The summed E-state index contributed by atoms with van der Waals surface area (Å²) in [6.07, 6.45) is 1.62. The summed E-state index contributed by atoms with van der Waals surface area (Å²) < 4.78 is 0. The average Bonchev–Trinajstić information content (AvgIpc) is 2.79. The van der Waals surface area contributed by atoms with Crippen LogP contribution < -0.4 is 0 Å². The van der Waals surface area contributed by atoms with Gasteiger partial charge in [0.15, 0.2) is 5.78 Å². The second-order valence-electron chi connectivity index (χ2n) is 5.81. The molecule has 0 atom stereocenters. The van der Waals surface area contributed by atoms with Crippen LogP contribution in [0.3, 0.4) is 0 Å². The molecule has 0 aliphatic carbocycles. The van der Waals surface area contributed by atoms with Crippen LogP contribution in [0.5, 0.6) is 0 Å². The molecule has 0 N–H and O–H groups in total. The maximum Gasteiger partial charge on any atom is 0.186 e. The fourth-order valence-electron chi connectivity index (χ4n) is 2.86. The van der Waals surface area contributed by atoms with E-state index in [9.17, 15) is 4.79 Å². The van der Waals surface area contributed by atoms with Crippen molar-refractivity contribution in [2.45, 2.75) is 0 Å². The van der Waals surface area contributed by atoms with E-state index < -0.39 is 0 Å². The summed E-state index contributed by atoms with van der Waals surface area (Å²) in [7, 11) is 0. The van der Waals surface area contributed by atoms with Crippen LogP contribution in [0.2, 0.25) is 10.0 Å².